The quantitative estimate of drug-likeness (QED) is 0.504. The average Bonchev–Trinajstić information content (AvgIpc) is 2.65. The third-order valence-electron chi connectivity index (χ3n) is 2.96. The van der Waals surface area contributed by atoms with Crippen molar-refractivity contribution in [1.82, 2.24) is 0 Å². The second kappa shape index (κ2) is 3.91. The van der Waals surface area contributed by atoms with E-state index in [1.165, 1.54) is 11.1 Å². The number of rotatable bonds is 0. The number of alkyl halides is 3. The van der Waals surface area contributed by atoms with E-state index in [0.717, 1.165) is 16.7 Å². The van der Waals surface area contributed by atoms with Crippen molar-refractivity contribution in [3.05, 3.63) is 65.6 Å². The molecule has 0 nitrogen and oxygen atoms in total. The zero-order chi connectivity index (χ0) is 12.0. The van der Waals surface area contributed by atoms with Gasteiger partial charge in [-0.3, -0.25) is 0 Å². The highest BCUT2D eigenvalue weighted by Crippen LogP contribution is 2.47. The van der Waals surface area contributed by atoms with Gasteiger partial charge in [0.2, 0.25) is 3.79 Å². The van der Waals surface area contributed by atoms with Gasteiger partial charge in [-0.2, -0.15) is 0 Å². The standard InChI is InChI=1S/C14H8Cl3/c15-14(16,17)13-7-3-6-11-10-5-2-1-4-9(10)8-12(11)13/h1-8H. The van der Waals surface area contributed by atoms with Crippen LogP contribution in [0.1, 0.15) is 16.7 Å². The fourth-order valence-electron chi connectivity index (χ4n) is 2.23. The molecule has 0 spiro atoms. The van der Waals surface area contributed by atoms with Crippen LogP contribution >= 0.6 is 34.8 Å². The lowest BCUT2D eigenvalue weighted by Gasteiger charge is -2.15. The Balaban J connectivity index is 2.24. The SMILES string of the molecule is ClC(Cl)(Cl)c1cccc2c1[CH]c1ccccc1-2. The zero-order valence-corrected chi connectivity index (χ0v) is 11.0. The molecule has 2 aromatic rings. The van der Waals surface area contributed by atoms with Crippen molar-refractivity contribution in [2.24, 2.45) is 0 Å². The molecule has 0 saturated heterocycles. The molecule has 0 fully saturated rings. The maximum atomic E-state index is 6.00. The summed E-state index contributed by atoms with van der Waals surface area (Å²) in [6.07, 6.45) is 2.07. The molecule has 1 aliphatic rings. The lowest BCUT2D eigenvalue weighted by Crippen LogP contribution is -2.03. The van der Waals surface area contributed by atoms with Crippen LogP contribution in [0, 0.1) is 6.42 Å². The molecule has 0 N–H and O–H groups in total. The molecule has 0 bridgehead atoms. The normalized spacial score (nSPS) is 13.4. The maximum absolute atomic E-state index is 6.00. The predicted octanol–water partition coefficient (Wildman–Crippen LogP) is 5.09. The summed E-state index contributed by atoms with van der Waals surface area (Å²) in [6.45, 7) is 0. The molecule has 1 radical (unpaired) electrons. The minimum atomic E-state index is -1.39. The predicted molar refractivity (Wildman–Crippen MR) is 73.6 cm³/mol. The second-order valence-corrected chi connectivity index (χ2v) is 6.28. The van der Waals surface area contributed by atoms with Gasteiger partial charge in [-0.15, -0.1) is 0 Å². The molecule has 1 aliphatic carbocycles. The Hall–Kier alpha value is -0.690. The van der Waals surface area contributed by atoms with Crippen LogP contribution in [0.15, 0.2) is 42.5 Å². The summed E-state index contributed by atoms with van der Waals surface area (Å²) in [5, 5.41) is 0. The van der Waals surface area contributed by atoms with Gasteiger partial charge in [-0.25, -0.2) is 0 Å². The zero-order valence-electron chi connectivity index (χ0n) is 8.75. The average molecular weight is 283 g/mol. The van der Waals surface area contributed by atoms with Gasteiger partial charge in [-0.1, -0.05) is 77.3 Å². The number of halogens is 3. The molecule has 0 amide bonds. The summed E-state index contributed by atoms with van der Waals surface area (Å²) in [7, 11) is 0. The third-order valence-corrected chi connectivity index (χ3v) is 3.57. The molecule has 0 aliphatic heterocycles. The fraction of sp³-hybridized carbons (Fsp3) is 0.0714. The van der Waals surface area contributed by atoms with Crippen molar-refractivity contribution in [3.8, 4) is 11.1 Å². The molecule has 0 heterocycles. The first-order chi connectivity index (χ1) is 8.07. The lowest BCUT2D eigenvalue weighted by atomic mass is 10.0. The van der Waals surface area contributed by atoms with Gasteiger partial charge in [0.1, 0.15) is 0 Å². The maximum Gasteiger partial charge on any atom is 0.216 e. The first kappa shape index (κ1) is 11.4. The minimum Gasteiger partial charge on any atom is -0.0784 e. The van der Waals surface area contributed by atoms with E-state index in [9.17, 15) is 0 Å². The highest BCUT2D eigenvalue weighted by atomic mass is 35.6. The number of hydrogen-bond donors (Lipinski definition) is 0. The summed E-state index contributed by atoms with van der Waals surface area (Å²) in [5.74, 6) is 0. The molecular formula is C14H8Cl3. The summed E-state index contributed by atoms with van der Waals surface area (Å²) in [6, 6.07) is 14.0. The summed E-state index contributed by atoms with van der Waals surface area (Å²) >= 11 is 18.0. The Morgan fingerprint density at radius 1 is 0.765 bits per heavy atom. The van der Waals surface area contributed by atoms with E-state index in [-0.39, 0.29) is 0 Å². The first-order valence-corrected chi connectivity index (χ1v) is 6.35. The van der Waals surface area contributed by atoms with Crippen LogP contribution in [0.3, 0.4) is 0 Å². The van der Waals surface area contributed by atoms with E-state index in [1.54, 1.807) is 0 Å². The highest BCUT2D eigenvalue weighted by Gasteiger charge is 2.30. The van der Waals surface area contributed by atoms with Gasteiger partial charge in [0.05, 0.1) is 0 Å². The van der Waals surface area contributed by atoms with Gasteiger partial charge in [0, 0.05) is 12.0 Å². The number of fused-ring (bicyclic) bond motifs is 3. The first-order valence-electron chi connectivity index (χ1n) is 5.22. The van der Waals surface area contributed by atoms with Crippen LogP contribution in [0.2, 0.25) is 0 Å². The van der Waals surface area contributed by atoms with E-state index in [4.69, 9.17) is 34.8 Å². The number of benzene rings is 2. The highest BCUT2D eigenvalue weighted by molar-refractivity contribution is 6.66. The van der Waals surface area contributed by atoms with Crippen LogP contribution in [-0.4, -0.2) is 0 Å². The second-order valence-electron chi connectivity index (χ2n) is 4.00. The molecule has 3 rings (SSSR count). The molecule has 3 heteroatoms. The summed E-state index contributed by atoms with van der Waals surface area (Å²) in [5.41, 5.74) is 5.23. The largest absolute Gasteiger partial charge is 0.216 e. The lowest BCUT2D eigenvalue weighted by molar-refractivity contribution is 1.21. The Labute approximate surface area is 115 Å². The van der Waals surface area contributed by atoms with E-state index < -0.39 is 3.79 Å². The molecular weight excluding hydrogens is 275 g/mol. The van der Waals surface area contributed by atoms with Gasteiger partial charge >= 0.3 is 0 Å². The summed E-state index contributed by atoms with van der Waals surface area (Å²) < 4.78 is -1.39. The Kier molecular flexibility index (Phi) is 2.62. The van der Waals surface area contributed by atoms with E-state index >= 15 is 0 Å². The van der Waals surface area contributed by atoms with Crippen molar-refractivity contribution in [2.75, 3.05) is 0 Å². The minimum absolute atomic E-state index is 0.733. The summed E-state index contributed by atoms with van der Waals surface area (Å²) in [4.78, 5) is 0. The Bertz CT molecular complexity index is 582. The monoisotopic (exact) mass is 281 g/mol. The molecule has 0 atom stereocenters. The van der Waals surface area contributed by atoms with Gasteiger partial charge in [0.25, 0.3) is 0 Å². The van der Waals surface area contributed by atoms with Crippen molar-refractivity contribution >= 4 is 34.8 Å². The molecule has 0 saturated carbocycles. The van der Waals surface area contributed by atoms with E-state index in [0.29, 0.717) is 0 Å². The topological polar surface area (TPSA) is 0 Å². The van der Waals surface area contributed by atoms with Crippen LogP contribution in [-0.2, 0) is 3.79 Å². The van der Waals surface area contributed by atoms with Crippen molar-refractivity contribution < 1.29 is 0 Å². The fourth-order valence-corrected chi connectivity index (χ4v) is 2.72. The third kappa shape index (κ3) is 1.85. The van der Waals surface area contributed by atoms with E-state index in [1.807, 2.05) is 24.3 Å². The Morgan fingerprint density at radius 2 is 1.47 bits per heavy atom. The van der Waals surface area contributed by atoms with Crippen LogP contribution in [0.4, 0.5) is 0 Å². The Morgan fingerprint density at radius 3 is 2.24 bits per heavy atom. The van der Waals surface area contributed by atoms with Gasteiger partial charge in [-0.05, 0) is 22.3 Å². The van der Waals surface area contributed by atoms with Crippen LogP contribution < -0.4 is 0 Å². The van der Waals surface area contributed by atoms with Crippen LogP contribution in [0.5, 0.6) is 0 Å². The van der Waals surface area contributed by atoms with Gasteiger partial charge in [0.15, 0.2) is 0 Å². The van der Waals surface area contributed by atoms with Crippen molar-refractivity contribution in [3.63, 3.8) is 0 Å². The molecule has 2 aromatic carbocycles. The molecule has 17 heavy (non-hydrogen) atoms. The van der Waals surface area contributed by atoms with Crippen molar-refractivity contribution in [1.29, 1.82) is 0 Å². The van der Waals surface area contributed by atoms with Crippen LogP contribution in [0.25, 0.3) is 11.1 Å². The molecule has 85 valence electrons. The molecule has 0 unspecified atom stereocenters. The van der Waals surface area contributed by atoms with Gasteiger partial charge < -0.3 is 0 Å². The van der Waals surface area contributed by atoms with E-state index in [2.05, 4.69) is 24.6 Å². The number of hydrogen-bond acceptors (Lipinski definition) is 0. The molecule has 0 aromatic heterocycles. The van der Waals surface area contributed by atoms with Crippen molar-refractivity contribution in [2.45, 2.75) is 3.79 Å². The smallest absolute Gasteiger partial charge is 0.0784 e.